The van der Waals surface area contributed by atoms with Gasteiger partial charge in [0.25, 0.3) is 0 Å². The van der Waals surface area contributed by atoms with E-state index in [1.807, 2.05) is 25.1 Å². The highest BCUT2D eigenvalue weighted by molar-refractivity contribution is 5.57. The highest BCUT2D eigenvalue weighted by Gasteiger charge is 2.28. The zero-order chi connectivity index (χ0) is 12.5. The molecule has 18 heavy (non-hydrogen) atoms. The Morgan fingerprint density at radius 3 is 2.94 bits per heavy atom. The van der Waals surface area contributed by atoms with Gasteiger partial charge in [-0.3, -0.25) is 0 Å². The summed E-state index contributed by atoms with van der Waals surface area (Å²) in [5, 5.41) is 13.7. The topological polar surface area (TPSA) is 58.0 Å². The SMILES string of the molecule is Cc1nccc(C(O)C2Cc3ccccc3N2)n1. The maximum atomic E-state index is 10.4. The van der Waals surface area contributed by atoms with Gasteiger partial charge in [0.1, 0.15) is 11.9 Å². The average molecular weight is 241 g/mol. The van der Waals surface area contributed by atoms with Crippen LogP contribution < -0.4 is 5.32 Å². The molecule has 2 atom stereocenters. The highest BCUT2D eigenvalue weighted by Crippen LogP contribution is 2.30. The van der Waals surface area contributed by atoms with E-state index in [0.29, 0.717) is 11.5 Å². The lowest BCUT2D eigenvalue weighted by Gasteiger charge is -2.18. The van der Waals surface area contributed by atoms with Crippen LogP contribution in [0.25, 0.3) is 0 Å². The van der Waals surface area contributed by atoms with Crippen molar-refractivity contribution in [2.75, 3.05) is 5.32 Å². The van der Waals surface area contributed by atoms with Crippen LogP contribution in [-0.4, -0.2) is 21.1 Å². The van der Waals surface area contributed by atoms with Crippen molar-refractivity contribution in [2.45, 2.75) is 25.5 Å². The van der Waals surface area contributed by atoms with Gasteiger partial charge in [-0.15, -0.1) is 0 Å². The lowest BCUT2D eigenvalue weighted by molar-refractivity contribution is 0.151. The fourth-order valence-electron chi connectivity index (χ4n) is 2.36. The summed E-state index contributed by atoms with van der Waals surface area (Å²) in [5.74, 6) is 0.682. The standard InChI is InChI=1S/C14H15N3O/c1-9-15-7-6-12(16-9)14(18)13-8-10-4-2-3-5-11(10)17-13/h2-7,13-14,17-18H,8H2,1H3. The summed E-state index contributed by atoms with van der Waals surface area (Å²) in [6.45, 7) is 1.83. The van der Waals surface area contributed by atoms with Gasteiger partial charge in [-0.05, 0) is 31.0 Å². The Bertz CT molecular complexity index is 545. The quantitative estimate of drug-likeness (QED) is 0.842. The summed E-state index contributed by atoms with van der Waals surface area (Å²) in [4.78, 5) is 8.33. The first-order chi connectivity index (χ1) is 8.74. The maximum absolute atomic E-state index is 10.4. The number of hydrogen-bond acceptors (Lipinski definition) is 4. The largest absolute Gasteiger partial charge is 0.385 e. The predicted octanol–water partition coefficient (Wildman–Crippen LogP) is 1.86. The fraction of sp³-hybridized carbons (Fsp3) is 0.286. The van der Waals surface area contributed by atoms with Crippen LogP contribution in [0.15, 0.2) is 36.5 Å². The number of benzene rings is 1. The summed E-state index contributed by atoms with van der Waals surface area (Å²) in [5.41, 5.74) is 3.02. The third kappa shape index (κ3) is 1.95. The Balaban J connectivity index is 1.82. The monoisotopic (exact) mass is 241 g/mol. The minimum Gasteiger partial charge on any atom is -0.385 e. The van der Waals surface area contributed by atoms with Crippen molar-refractivity contribution in [1.82, 2.24) is 9.97 Å². The molecule has 0 saturated heterocycles. The summed E-state index contributed by atoms with van der Waals surface area (Å²) < 4.78 is 0. The second-order valence-electron chi connectivity index (χ2n) is 4.59. The minimum atomic E-state index is -0.612. The first-order valence-electron chi connectivity index (χ1n) is 6.06. The average Bonchev–Trinajstić information content (AvgIpc) is 2.81. The molecule has 0 radical (unpaired) electrons. The molecule has 2 unspecified atom stereocenters. The number of aromatic nitrogens is 2. The molecule has 0 saturated carbocycles. The summed E-state index contributed by atoms with van der Waals surface area (Å²) in [6, 6.07) is 9.88. The maximum Gasteiger partial charge on any atom is 0.125 e. The van der Waals surface area contributed by atoms with E-state index < -0.39 is 6.10 Å². The molecule has 4 heteroatoms. The number of nitrogens with one attached hydrogen (secondary N) is 1. The van der Waals surface area contributed by atoms with Crippen LogP contribution in [-0.2, 0) is 6.42 Å². The van der Waals surface area contributed by atoms with Crippen molar-refractivity contribution >= 4 is 5.69 Å². The first-order valence-corrected chi connectivity index (χ1v) is 6.06. The molecule has 92 valence electrons. The van der Waals surface area contributed by atoms with Crippen molar-refractivity contribution in [3.05, 3.63) is 53.6 Å². The van der Waals surface area contributed by atoms with Crippen LogP contribution in [0.4, 0.5) is 5.69 Å². The first kappa shape index (κ1) is 11.2. The third-order valence-corrected chi connectivity index (χ3v) is 3.28. The van der Waals surface area contributed by atoms with Crippen LogP contribution in [0, 0.1) is 6.92 Å². The molecular weight excluding hydrogens is 226 g/mol. The van der Waals surface area contributed by atoms with Crippen molar-refractivity contribution in [3.8, 4) is 0 Å². The number of para-hydroxylation sites is 1. The van der Waals surface area contributed by atoms with Gasteiger partial charge in [-0.2, -0.15) is 0 Å². The van der Waals surface area contributed by atoms with Gasteiger partial charge in [0.2, 0.25) is 0 Å². The molecule has 0 spiro atoms. The molecule has 1 aromatic heterocycles. The van der Waals surface area contributed by atoms with Gasteiger partial charge in [0.05, 0.1) is 11.7 Å². The second-order valence-corrected chi connectivity index (χ2v) is 4.59. The summed E-state index contributed by atoms with van der Waals surface area (Å²) in [6.07, 6.45) is 1.89. The number of aliphatic hydroxyl groups is 1. The molecule has 2 heterocycles. The third-order valence-electron chi connectivity index (χ3n) is 3.28. The Morgan fingerprint density at radius 1 is 1.33 bits per heavy atom. The van der Waals surface area contributed by atoms with Gasteiger partial charge in [-0.1, -0.05) is 18.2 Å². The number of nitrogens with zero attached hydrogens (tertiary/aromatic N) is 2. The van der Waals surface area contributed by atoms with Crippen LogP contribution in [0.3, 0.4) is 0 Å². The van der Waals surface area contributed by atoms with Crippen LogP contribution >= 0.6 is 0 Å². The van der Waals surface area contributed by atoms with E-state index in [0.717, 1.165) is 12.1 Å². The molecular formula is C14H15N3O. The lowest BCUT2D eigenvalue weighted by Crippen LogP contribution is -2.25. The van der Waals surface area contributed by atoms with Crippen molar-refractivity contribution in [3.63, 3.8) is 0 Å². The van der Waals surface area contributed by atoms with Gasteiger partial charge in [-0.25, -0.2) is 9.97 Å². The van der Waals surface area contributed by atoms with Gasteiger partial charge >= 0.3 is 0 Å². The zero-order valence-electron chi connectivity index (χ0n) is 10.2. The number of rotatable bonds is 2. The zero-order valence-corrected chi connectivity index (χ0v) is 10.2. The van der Waals surface area contributed by atoms with Crippen molar-refractivity contribution in [1.29, 1.82) is 0 Å². The molecule has 2 N–H and O–H groups in total. The van der Waals surface area contributed by atoms with Gasteiger partial charge in [0.15, 0.2) is 0 Å². The predicted molar refractivity (Wildman–Crippen MR) is 69.3 cm³/mol. The Morgan fingerprint density at radius 2 is 2.17 bits per heavy atom. The number of hydrogen-bond donors (Lipinski definition) is 2. The van der Waals surface area contributed by atoms with Gasteiger partial charge < -0.3 is 10.4 Å². The Kier molecular flexibility index (Phi) is 2.72. The van der Waals surface area contributed by atoms with E-state index in [-0.39, 0.29) is 6.04 Å². The van der Waals surface area contributed by atoms with Crippen molar-refractivity contribution in [2.24, 2.45) is 0 Å². The number of aryl methyl sites for hydroxylation is 1. The van der Waals surface area contributed by atoms with E-state index in [1.165, 1.54) is 5.56 Å². The van der Waals surface area contributed by atoms with E-state index >= 15 is 0 Å². The van der Waals surface area contributed by atoms with E-state index in [1.54, 1.807) is 12.3 Å². The van der Waals surface area contributed by atoms with Gasteiger partial charge in [0, 0.05) is 11.9 Å². The normalized spacial score (nSPS) is 19.1. The van der Waals surface area contributed by atoms with E-state index in [4.69, 9.17) is 0 Å². The number of aliphatic hydroxyl groups excluding tert-OH is 1. The smallest absolute Gasteiger partial charge is 0.125 e. The molecule has 3 rings (SSSR count). The second kappa shape index (κ2) is 4.38. The fourth-order valence-corrected chi connectivity index (χ4v) is 2.36. The molecule has 2 aromatic rings. The molecule has 1 aliphatic rings. The molecule has 0 amide bonds. The molecule has 0 aliphatic carbocycles. The van der Waals surface area contributed by atoms with E-state index in [2.05, 4.69) is 21.4 Å². The lowest BCUT2D eigenvalue weighted by atomic mass is 10.0. The summed E-state index contributed by atoms with van der Waals surface area (Å²) >= 11 is 0. The molecule has 4 nitrogen and oxygen atoms in total. The number of fused-ring (bicyclic) bond motifs is 1. The minimum absolute atomic E-state index is 0.0169. The molecule has 0 fully saturated rings. The number of anilines is 1. The Hall–Kier alpha value is -1.94. The molecule has 1 aromatic carbocycles. The molecule has 0 bridgehead atoms. The summed E-state index contributed by atoms with van der Waals surface area (Å²) in [7, 11) is 0. The van der Waals surface area contributed by atoms with Crippen LogP contribution in [0.5, 0.6) is 0 Å². The Labute approximate surface area is 106 Å². The van der Waals surface area contributed by atoms with Crippen molar-refractivity contribution < 1.29 is 5.11 Å². The highest BCUT2D eigenvalue weighted by atomic mass is 16.3. The van der Waals surface area contributed by atoms with Crippen LogP contribution in [0.2, 0.25) is 0 Å². The van der Waals surface area contributed by atoms with Crippen LogP contribution in [0.1, 0.15) is 23.2 Å². The molecule has 1 aliphatic heterocycles. The van der Waals surface area contributed by atoms with E-state index in [9.17, 15) is 5.11 Å².